The molecule has 0 bridgehead atoms. The highest BCUT2D eigenvalue weighted by Crippen LogP contribution is 2.30. The lowest BCUT2D eigenvalue weighted by atomic mass is 10.2. The van der Waals surface area contributed by atoms with Crippen LogP contribution in [0.15, 0.2) is 52.2 Å². The van der Waals surface area contributed by atoms with E-state index in [1.165, 1.54) is 0 Å². The monoisotopic (exact) mass is 286 g/mol. The topological polar surface area (TPSA) is 73.1 Å². The maximum atomic E-state index is 12.0. The van der Waals surface area contributed by atoms with E-state index in [1.807, 2.05) is 12.1 Å². The fourth-order valence-corrected chi connectivity index (χ4v) is 1.90. The van der Waals surface area contributed by atoms with E-state index in [4.69, 9.17) is 13.9 Å². The quantitative estimate of drug-likeness (QED) is 0.691. The minimum Gasteiger partial charge on any atom is -0.485 e. The second-order valence-electron chi connectivity index (χ2n) is 4.51. The van der Waals surface area contributed by atoms with E-state index in [1.54, 1.807) is 37.5 Å². The van der Waals surface area contributed by atoms with Gasteiger partial charge in [0.25, 0.3) is 5.91 Å². The van der Waals surface area contributed by atoms with Crippen molar-refractivity contribution in [3.63, 3.8) is 0 Å². The second-order valence-corrected chi connectivity index (χ2v) is 4.51. The molecule has 0 saturated heterocycles. The maximum absolute atomic E-state index is 12.0. The Hall–Kier alpha value is -2.76. The minimum absolute atomic E-state index is 0.151. The zero-order chi connectivity index (χ0) is 14.7. The molecule has 108 valence electrons. The van der Waals surface area contributed by atoms with Gasteiger partial charge in [0.2, 0.25) is 6.10 Å². The Morgan fingerprint density at radius 1 is 1.24 bits per heavy atom. The van der Waals surface area contributed by atoms with Gasteiger partial charge in [-0.3, -0.25) is 4.79 Å². The van der Waals surface area contributed by atoms with Crippen LogP contribution >= 0.6 is 0 Å². The van der Waals surface area contributed by atoms with Crippen LogP contribution in [-0.2, 0) is 4.79 Å². The Balaban J connectivity index is 1.63. The second kappa shape index (κ2) is 5.70. The molecule has 1 aromatic carbocycles. The van der Waals surface area contributed by atoms with Crippen molar-refractivity contribution in [2.75, 3.05) is 6.61 Å². The van der Waals surface area contributed by atoms with Crippen molar-refractivity contribution in [2.45, 2.75) is 13.0 Å². The fourth-order valence-electron chi connectivity index (χ4n) is 1.90. The van der Waals surface area contributed by atoms with Gasteiger partial charge >= 0.3 is 0 Å². The first-order valence-corrected chi connectivity index (χ1v) is 6.50. The van der Waals surface area contributed by atoms with Crippen LogP contribution in [0.2, 0.25) is 0 Å². The molecule has 1 aliphatic rings. The predicted octanol–water partition coefficient (Wildman–Crippen LogP) is 1.96. The molecule has 1 aliphatic heterocycles. The number of hydrogen-bond donors (Lipinski definition) is 1. The smallest absolute Gasteiger partial charge is 0.284 e. The highest BCUT2D eigenvalue weighted by Gasteiger charge is 2.27. The number of para-hydroxylation sites is 2. The third kappa shape index (κ3) is 2.89. The van der Waals surface area contributed by atoms with Gasteiger partial charge in [0.05, 0.1) is 6.26 Å². The SMILES string of the molecule is C/C(=N\NC(=O)C1COc2ccccc2O1)c1ccco1. The first kappa shape index (κ1) is 13.2. The summed E-state index contributed by atoms with van der Waals surface area (Å²) in [4.78, 5) is 12.0. The van der Waals surface area contributed by atoms with E-state index in [9.17, 15) is 4.79 Å². The van der Waals surface area contributed by atoms with Crippen LogP contribution in [0.25, 0.3) is 0 Å². The molecule has 0 radical (unpaired) electrons. The number of furan rings is 1. The molecular formula is C15H14N2O4. The van der Waals surface area contributed by atoms with Crippen LogP contribution in [0, 0.1) is 0 Å². The van der Waals surface area contributed by atoms with Crippen molar-refractivity contribution >= 4 is 11.6 Å². The van der Waals surface area contributed by atoms with Gasteiger partial charge < -0.3 is 13.9 Å². The molecule has 1 N–H and O–H groups in total. The highest BCUT2D eigenvalue weighted by molar-refractivity contribution is 5.97. The zero-order valence-corrected chi connectivity index (χ0v) is 11.4. The normalized spacial score (nSPS) is 17.4. The van der Waals surface area contributed by atoms with Crippen LogP contribution in [-0.4, -0.2) is 24.3 Å². The largest absolute Gasteiger partial charge is 0.485 e. The lowest BCUT2D eigenvalue weighted by Gasteiger charge is -2.24. The lowest BCUT2D eigenvalue weighted by molar-refractivity contribution is -0.130. The molecule has 21 heavy (non-hydrogen) atoms. The van der Waals surface area contributed by atoms with Crippen LogP contribution in [0.3, 0.4) is 0 Å². The Bertz CT molecular complexity index is 664. The van der Waals surface area contributed by atoms with Crippen molar-refractivity contribution in [2.24, 2.45) is 5.10 Å². The van der Waals surface area contributed by atoms with Crippen LogP contribution < -0.4 is 14.9 Å². The van der Waals surface area contributed by atoms with E-state index >= 15 is 0 Å². The van der Waals surface area contributed by atoms with E-state index in [0.29, 0.717) is 23.0 Å². The molecule has 6 heteroatoms. The highest BCUT2D eigenvalue weighted by atomic mass is 16.6. The van der Waals surface area contributed by atoms with Crippen molar-refractivity contribution < 1.29 is 18.7 Å². The standard InChI is InChI=1S/C15H14N2O4/c1-10(11-7-4-8-19-11)16-17-15(18)14-9-20-12-5-2-3-6-13(12)21-14/h2-8,14H,9H2,1H3,(H,17,18)/b16-10+. The summed E-state index contributed by atoms with van der Waals surface area (Å²) >= 11 is 0. The molecule has 0 fully saturated rings. The summed E-state index contributed by atoms with van der Waals surface area (Å²) in [6.45, 7) is 1.89. The number of carbonyl (C=O) groups excluding carboxylic acids is 1. The lowest BCUT2D eigenvalue weighted by Crippen LogP contribution is -2.42. The van der Waals surface area contributed by atoms with E-state index in [0.717, 1.165) is 0 Å². The van der Waals surface area contributed by atoms with Crippen molar-refractivity contribution in [1.82, 2.24) is 5.43 Å². The van der Waals surface area contributed by atoms with Crippen molar-refractivity contribution in [3.8, 4) is 11.5 Å². The number of hydrogen-bond acceptors (Lipinski definition) is 5. The van der Waals surface area contributed by atoms with E-state index < -0.39 is 6.10 Å². The molecule has 1 unspecified atom stereocenters. The number of nitrogens with zero attached hydrogens (tertiary/aromatic N) is 1. The van der Waals surface area contributed by atoms with Crippen LogP contribution in [0.1, 0.15) is 12.7 Å². The Kier molecular flexibility index (Phi) is 3.59. The summed E-state index contributed by atoms with van der Waals surface area (Å²) < 4.78 is 16.3. The molecule has 1 amide bonds. The molecule has 0 aliphatic carbocycles. The summed E-state index contributed by atoms with van der Waals surface area (Å²) in [5.74, 6) is 1.42. The summed E-state index contributed by atoms with van der Waals surface area (Å²) in [6.07, 6.45) is 0.818. The number of amides is 1. The number of rotatable bonds is 3. The van der Waals surface area contributed by atoms with Gasteiger partial charge in [0, 0.05) is 0 Å². The predicted molar refractivity (Wildman–Crippen MR) is 75.4 cm³/mol. The van der Waals surface area contributed by atoms with Gasteiger partial charge in [-0.05, 0) is 31.2 Å². The minimum atomic E-state index is -0.729. The molecule has 6 nitrogen and oxygen atoms in total. The molecule has 0 spiro atoms. The Labute approximate surface area is 121 Å². The average Bonchev–Trinajstić information content (AvgIpc) is 3.06. The average molecular weight is 286 g/mol. The van der Waals surface area contributed by atoms with Gasteiger partial charge in [0.1, 0.15) is 18.1 Å². The first-order valence-electron chi connectivity index (χ1n) is 6.50. The Morgan fingerprint density at radius 3 is 2.81 bits per heavy atom. The molecule has 0 saturated carbocycles. The van der Waals surface area contributed by atoms with Crippen LogP contribution in [0.5, 0.6) is 11.5 Å². The fraction of sp³-hybridized carbons (Fsp3) is 0.200. The molecule has 1 atom stereocenters. The van der Waals surface area contributed by atoms with Gasteiger partial charge in [-0.25, -0.2) is 5.43 Å². The van der Waals surface area contributed by atoms with E-state index in [2.05, 4.69) is 10.5 Å². The third-order valence-electron chi connectivity index (χ3n) is 3.01. The number of benzene rings is 1. The number of fused-ring (bicyclic) bond motifs is 1. The maximum Gasteiger partial charge on any atom is 0.284 e. The Morgan fingerprint density at radius 2 is 2.05 bits per heavy atom. The molecule has 1 aromatic heterocycles. The van der Waals surface area contributed by atoms with Crippen LogP contribution in [0.4, 0.5) is 0 Å². The summed E-state index contributed by atoms with van der Waals surface area (Å²) in [5, 5.41) is 3.99. The third-order valence-corrected chi connectivity index (χ3v) is 3.01. The van der Waals surface area contributed by atoms with E-state index in [-0.39, 0.29) is 12.5 Å². The number of ether oxygens (including phenoxy) is 2. The summed E-state index contributed by atoms with van der Waals surface area (Å²) in [6, 6.07) is 10.7. The zero-order valence-electron chi connectivity index (χ0n) is 11.4. The summed E-state index contributed by atoms with van der Waals surface area (Å²) in [7, 11) is 0. The number of carbonyl (C=O) groups is 1. The summed E-state index contributed by atoms with van der Waals surface area (Å²) in [5.41, 5.74) is 3.03. The number of hydrazone groups is 1. The van der Waals surface area contributed by atoms with Gasteiger partial charge in [-0.1, -0.05) is 12.1 Å². The number of nitrogens with one attached hydrogen (secondary N) is 1. The van der Waals surface area contributed by atoms with Gasteiger partial charge in [0.15, 0.2) is 11.5 Å². The molecule has 3 rings (SSSR count). The molecule has 2 heterocycles. The van der Waals surface area contributed by atoms with Crippen molar-refractivity contribution in [1.29, 1.82) is 0 Å². The molecular weight excluding hydrogens is 272 g/mol. The van der Waals surface area contributed by atoms with Gasteiger partial charge in [-0.15, -0.1) is 0 Å². The van der Waals surface area contributed by atoms with Gasteiger partial charge in [-0.2, -0.15) is 5.10 Å². The first-order chi connectivity index (χ1) is 10.2. The van der Waals surface area contributed by atoms with Crippen molar-refractivity contribution in [3.05, 3.63) is 48.4 Å². The molecule has 2 aromatic rings.